The second-order valence-corrected chi connectivity index (χ2v) is 5.85. The third-order valence-corrected chi connectivity index (χ3v) is 3.98. The van der Waals surface area contributed by atoms with E-state index >= 15 is 0 Å². The van der Waals surface area contributed by atoms with Gasteiger partial charge in [-0.05, 0) is 21.5 Å². The van der Waals surface area contributed by atoms with E-state index in [1.165, 1.54) is 21.5 Å². The average Bonchev–Trinajstić information content (AvgIpc) is 2.94. The van der Waals surface area contributed by atoms with E-state index in [1.807, 2.05) is 77.9 Å². The molecule has 0 spiro atoms. The minimum absolute atomic E-state index is 1.31. The van der Waals surface area contributed by atoms with Crippen molar-refractivity contribution in [2.24, 2.45) is 0 Å². The van der Waals surface area contributed by atoms with Gasteiger partial charge in [-0.25, -0.2) is 0 Å². The maximum Gasteiger partial charge on any atom is -0.0184 e. The quantitative estimate of drug-likeness (QED) is 0.232. The molecule has 0 N–H and O–H groups in total. The Hall–Kier alpha value is -3.38. The molecule has 5 rings (SSSR count). The van der Waals surface area contributed by atoms with Crippen molar-refractivity contribution in [3.8, 4) is 0 Å². The molecule has 0 amide bonds. The van der Waals surface area contributed by atoms with Crippen LogP contribution in [0.15, 0.2) is 133 Å². The summed E-state index contributed by atoms with van der Waals surface area (Å²) >= 11 is 0. The fraction of sp³-hybridized carbons (Fsp3) is 0.188. The zero-order chi connectivity index (χ0) is 23.9. The fourth-order valence-corrected chi connectivity index (χ4v) is 2.65. The van der Waals surface area contributed by atoms with Gasteiger partial charge in [-0.2, -0.15) is 0 Å². The lowest BCUT2D eigenvalue weighted by molar-refractivity contribution is 1.50. The number of hydrogen-bond donors (Lipinski definition) is 0. The summed E-state index contributed by atoms with van der Waals surface area (Å²) in [6, 6.07) is 45.4. The summed E-state index contributed by atoms with van der Waals surface area (Å²) < 4.78 is 0. The summed E-state index contributed by atoms with van der Waals surface area (Å²) in [7, 11) is 0. The Morgan fingerprint density at radius 3 is 0.469 bits per heavy atom. The predicted octanol–water partition coefficient (Wildman–Crippen LogP) is 10.4. The van der Waals surface area contributed by atoms with Crippen molar-refractivity contribution in [1.82, 2.24) is 0 Å². The van der Waals surface area contributed by atoms with Gasteiger partial charge in [0.05, 0.1) is 0 Å². The highest BCUT2D eigenvalue weighted by molar-refractivity contribution is 5.82. The zero-order valence-corrected chi connectivity index (χ0v) is 20.7. The smallest absolute Gasteiger partial charge is 0.0184 e. The Bertz CT molecular complexity index is 804. The summed E-state index contributed by atoms with van der Waals surface area (Å²) in [5, 5.41) is 5.24. The van der Waals surface area contributed by atoms with Gasteiger partial charge in [0.2, 0.25) is 0 Å². The van der Waals surface area contributed by atoms with Crippen molar-refractivity contribution in [1.29, 1.82) is 0 Å². The van der Waals surface area contributed by atoms with Crippen molar-refractivity contribution >= 4 is 21.5 Å². The lowest BCUT2D eigenvalue weighted by Gasteiger charge is -1.92. The minimum Gasteiger partial charge on any atom is -0.0683 e. The van der Waals surface area contributed by atoms with Gasteiger partial charge in [-0.15, -0.1) is 0 Å². The van der Waals surface area contributed by atoms with Crippen molar-refractivity contribution < 1.29 is 0 Å². The van der Waals surface area contributed by atoms with Crippen LogP contribution in [-0.4, -0.2) is 0 Å². The molecule has 0 nitrogen and oxygen atoms in total. The van der Waals surface area contributed by atoms with Crippen molar-refractivity contribution in [2.45, 2.75) is 41.5 Å². The van der Waals surface area contributed by atoms with Crippen LogP contribution in [0.5, 0.6) is 0 Å². The second kappa shape index (κ2) is 20.9. The average molecular weight is 425 g/mol. The molecule has 5 aromatic rings. The highest BCUT2D eigenvalue weighted by Gasteiger charge is 1.86. The monoisotopic (exact) mass is 424 g/mol. The SMILES string of the molecule is CC.CC.CC.c1ccc2ccccc2c1.c1ccc2ccccc2c1.c1ccccc1. The summed E-state index contributed by atoms with van der Waals surface area (Å²) in [4.78, 5) is 0. The summed E-state index contributed by atoms with van der Waals surface area (Å²) in [5.74, 6) is 0. The maximum absolute atomic E-state index is 2.12. The molecule has 0 aliphatic rings. The first-order valence-corrected chi connectivity index (χ1v) is 11.8. The molecule has 5 aromatic carbocycles. The van der Waals surface area contributed by atoms with E-state index in [2.05, 4.69) is 97.1 Å². The number of fused-ring (bicyclic) bond motifs is 2. The Morgan fingerprint density at radius 1 is 0.219 bits per heavy atom. The molecule has 0 saturated heterocycles. The van der Waals surface area contributed by atoms with Crippen LogP contribution in [0.2, 0.25) is 0 Å². The first kappa shape index (κ1) is 28.6. The molecular weight excluding hydrogens is 384 g/mol. The molecule has 0 aromatic heterocycles. The molecule has 0 aliphatic heterocycles. The van der Waals surface area contributed by atoms with Crippen LogP contribution in [0, 0.1) is 0 Å². The second-order valence-electron chi connectivity index (χ2n) is 5.85. The van der Waals surface area contributed by atoms with Crippen LogP contribution >= 0.6 is 0 Å². The van der Waals surface area contributed by atoms with Gasteiger partial charge in [-0.1, -0.05) is 175 Å². The van der Waals surface area contributed by atoms with E-state index in [4.69, 9.17) is 0 Å². The highest BCUT2D eigenvalue weighted by atomic mass is 13.9. The molecule has 168 valence electrons. The van der Waals surface area contributed by atoms with Crippen LogP contribution in [0.4, 0.5) is 0 Å². The van der Waals surface area contributed by atoms with Crippen molar-refractivity contribution in [3.63, 3.8) is 0 Å². The van der Waals surface area contributed by atoms with Crippen LogP contribution in [-0.2, 0) is 0 Å². The van der Waals surface area contributed by atoms with Crippen LogP contribution in [0.3, 0.4) is 0 Å². The van der Waals surface area contributed by atoms with Crippen LogP contribution in [0.25, 0.3) is 21.5 Å². The van der Waals surface area contributed by atoms with E-state index in [-0.39, 0.29) is 0 Å². The zero-order valence-electron chi connectivity index (χ0n) is 20.7. The summed E-state index contributed by atoms with van der Waals surface area (Å²) in [6.07, 6.45) is 0. The number of rotatable bonds is 0. The van der Waals surface area contributed by atoms with E-state index < -0.39 is 0 Å². The van der Waals surface area contributed by atoms with Crippen LogP contribution in [0.1, 0.15) is 41.5 Å². The van der Waals surface area contributed by atoms with E-state index in [0.29, 0.717) is 0 Å². The van der Waals surface area contributed by atoms with Gasteiger partial charge in [0.15, 0.2) is 0 Å². The Balaban J connectivity index is 0.000000413. The molecule has 0 radical (unpaired) electrons. The molecule has 0 fully saturated rings. The van der Waals surface area contributed by atoms with Crippen molar-refractivity contribution in [2.75, 3.05) is 0 Å². The van der Waals surface area contributed by atoms with Crippen LogP contribution < -0.4 is 0 Å². The van der Waals surface area contributed by atoms with Gasteiger partial charge in [-0.3, -0.25) is 0 Å². The third-order valence-electron chi connectivity index (χ3n) is 3.98. The Labute approximate surface area is 196 Å². The first-order valence-electron chi connectivity index (χ1n) is 11.8. The molecule has 0 bridgehead atoms. The van der Waals surface area contributed by atoms with Gasteiger partial charge >= 0.3 is 0 Å². The van der Waals surface area contributed by atoms with E-state index in [0.717, 1.165) is 0 Å². The summed E-state index contributed by atoms with van der Waals surface area (Å²) in [5.41, 5.74) is 0. The standard InChI is InChI=1S/2C10H8.C6H6.3C2H6/c2*1-2-6-10-8-4-3-7-9(10)5-1;1-2-4-6-5-3-1;3*1-2/h2*1-8H;1-6H;3*1-2H3. The van der Waals surface area contributed by atoms with E-state index in [9.17, 15) is 0 Å². The Morgan fingerprint density at radius 2 is 0.344 bits per heavy atom. The van der Waals surface area contributed by atoms with Gasteiger partial charge in [0.25, 0.3) is 0 Å². The van der Waals surface area contributed by atoms with Gasteiger partial charge in [0.1, 0.15) is 0 Å². The topological polar surface area (TPSA) is 0 Å². The lowest BCUT2D eigenvalue weighted by atomic mass is 10.1. The number of hydrogen-bond acceptors (Lipinski definition) is 0. The molecule has 0 atom stereocenters. The van der Waals surface area contributed by atoms with E-state index in [1.54, 1.807) is 0 Å². The molecule has 0 heterocycles. The number of benzene rings is 5. The Kier molecular flexibility index (Phi) is 18.7. The van der Waals surface area contributed by atoms with Gasteiger partial charge in [0, 0.05) is 0 Å². The molecule has 0 heteroatoms. The minimum atomic E-state index is 1.31. The predicted molar refractivity (Wildman–Crippen MR) is 148 cm³/mol. The molecular formula is C32H40. The maximum atomic E-state index is 2.12. The molecule has 0 saturated carbocycles. The summed E-state index contributed by atoms with van der Waals surface area (Å²) in [6.45, 7) is 12.0. The largest absolute Gasteiger partial charge is 0.0683 e. The van der Waals surface area contributed by atoms with Gasteiger partial charge < -0.3 is 0 Å². The fourth-order valence-electron chi connectivity index (χ4n) is 2.65. The highest BCUT2D eigenvalue weighted by Crippen LogP contribution is 2.12. The normalized spacial score (nSPS) is 8.31. The molecule has 0 aliphatic carbocycles. The first-order chi connectivity index (χ1) is 15.9. The molecule has 0 unspecified atom stereocenters. The van der Waals surface area contributed by atoms with Crippen molar-refractivity contribution in [3.05, 3.63) is 133 Å². The third kappa shape index (κ3) is 11.7. The molecule has 32 heavy (non-hydrogen) atoms. The lowest BCUT2D eigenvalue weighted by Crippen LogP contribution is -1.67.